The molecular weight excluding hydrogens is 545 g/mol. The first kappa shape index (κ1) is 30.4. The molecule has 4 rings (SSSR count). The molecule has 2 aliphatic rings. The van der Waals surface area contributed by atoms with Crippen LogP contribution in [0.25, 0.3) is 0 Å². The summed E-state index contributed by atoms with van der Waals surface area (Å²) in [5.74, 6) is -1.30. The van der Waals surface area contributed by atoms with Crippen molar-refractivity contribution >= 4 is 15.7 Å². The van der Waals surface area contributed by atoms with Gasteiger partial charge in [0.15, 0.2) is 9.84 Å². The number of alkyl halides is 3. The average Bonchev–Trinajstić information content (AvgIpc) is 3.28. The number of pyridine rings is 2. The first-order valence-electron chi connectivity index (χ1n) is 13.7. The van der Waals surface area contributed by atoms with E-state index in [1.165, 1.54) is 31.5 Å². The van der Waals surface area contributed by atoms with Gasteiger partial charge in [0.25, 0.3) is 5.91 Å². The van der Waals surface area contributed by atoms with Crippen molar-refractivity contribution in [3.05, 3.63) is 53.1 Å². The summed E-state index contributed by atoms with van der Waals surface area (Å²) in [6.45, 7) is 6.53. The van der Waals surface area contributed by atoms with E-state index in [9.17, 15) is 31.5 Å². The molecule has 3 heterocycles. The molecule has 2 atom stereocenters. The highest BCUT2D eigenvalue weighted by Gasteiger charge is 2.42. The predicted molar refractivity (Wildman–Crippen MR) is 143 cm³/mol. The molecule has 1 saturated carbocycles. The van der Waals surface area contributed by atoms with Crippen LogP contribution in [0.2, 0.25) is 0 Å². The zero-order chi connectivity index (χ0) is 29.2. The van der Waals surface area contributed by atoms with Gasteiger partial charge in [0.05, 0.1) is 52.2 Å². The summed E-state index contributed by atoms with van der Waals surface area (Å²) in [6, 6.07) is 3.83. The molecule has 220 valence electrons. The van der Waals surface area contributed by atoms with Gasteiger partial charge in [0.2, 0.25) is 0 Å². The van der Waals surface area contributed by atoms with E-state index in [1.54, 1.807) is 6.07 Å². The number of aliphatic hydroxyl groups excluding tert-OH is 1. The van der Waals surface area contributed by atoms with Crippen molar-refractivity contribution in [2.45, 2.75) is 76.2 Å². The van der Waals surface area contributed by atoms with Gasteiger partial charge in [-0.15, -0.1) is 0 Å². The number of nitrogens with one attached hydrogen (secondary N) is 1. The molecule has 2 aromatic heterocycles. The number of halogens is 3. The number of hydrogen-bond acceptors (Lipinski definition) is 7. The molecule has 1 aliphatic heterocycles. The number of aromatic nitrogens is 2. The van der Waals surface area contributed by atoms with Crippen LogP contribution in [0.3, 0.4) is 0 Å². The lowest BCUT2D eigenvalue weighted by Crippen LogP contribution is -2.35. The molecule has 40 heavy (non-hydrogen) atoms. The zero-order valence-electron chi connectivity index (χ0n) is 23.0. The van der Waals surface area contributed by atoms with Crippen LogP contribution >= 0.6 is 0 Å². The van der Waals surface area contributed by atoms with Crippen LogP contribution in [-0.4, -0.2) is 59.4 Å². The van der Waals surface area contributed by atoms with Crippen LogP contribution in [0.5, 0.6) is 0 Å². The maximum absolute atomic E-state index is 13.1. The fourth-order valence-electron chi connectivity index (χ4n) is 5.85. The molecule has 0 aromatic carbocycles. The summed E-state index contributed by atoms with van der Waals surface area (Å²) < 4.78 is 63.4. The maximum atomic E-state index is 13.1. The van der Waals surface area contributed by atoms with E-state index in [-0.39, 0.29) is 41.4 Å². The van der Waals surface area contributed by atoms with Crippen LogP contribution in [0.4, 0.5) is 13.2 Å². The molecule has 1 aliphatic carbocycles. The predicted octanol–water partition coefficient (Wildman–Crippen LogP) is 4.62. The largest absolute Gasteiger partial charge is 0.394 e. The second kappa shape index (κ2) is 12.1. The lowest BCUT2D eigenvalue weighted by molar-refractivity contribution is -0.184. The summed E-state index contributed by atoms with van der Waals surface area (Å²) in [6.07, 6.45) is 0.0243. The first-order chi connectivity index (χ1) is 18.8. The van der Waals surface area contributed by atoms with Gasteiger partial charge >= 0.3 is 6.18 Å². The quantitative estimate of drug-likeness (QED) is 0.444. The Hall–Kier alpha value is -2.57. The van der Waals surface area contributed by atoms with E-state index in [4.69, 9.17) is 0 Å². The van der Waals surface area contributed by atoms with E-state index in [2.05, 4.69) is 34.0 Å². The molecule has 0 saturated heterocycles. The highest BCUT2D eigenvalue weighted by Crippen LogP contribution is 2.43. The van der Waals surface area contributed by atoms with E-state index in [1.807, 2.05) is 0 Å². The number of nitrogens with zero attached hydrogens (tertiary/aromatic N) is 3. The van der Waals surface area contributed by atoms with E-state index in [0.29, 0.717) is 37.2 Å². The van der Waals surface area contributed by atoms with E-state index in [0.717, 1.165) is 11.3 Å². The van der Waals surface area contributed by atoms with Crippen LogP contribution in [0, 0.1) is 17.8 Å². The van der Waals surface area contributed by atoms with Gasteiger partial charge in [-0.25, -0.2) is 8.42 Å². The molecule has 2 N–H and O–H groups in total. The molecular formula is C28H37F3N4O4S. The topological polar surface area (TPSA) is 112 Å². The Labute approximate surface area is 233 Å². The molecule has 1 unspecified atom stereocenters. The van der Waals surface area contributed by atoms with Crippen LogP contribution < -0.4 is 5.32 Å². The van der Waals surface area contributed by atoms with Gasteiger partial charge in [0.1, 0.15) is 0 Å². The van der Waals surface area contributed by atoms with Crippen molar-refractivity contribution in [3.8, 4) is 0 Å². The number of fused-ring (bicyclic) bond motifs is 1. The second-order valence-electron chi connectivity index (χ2n) is 11.2. The standard InChI is InChI=1S/C28H37F3N4O4S/c1-4-40(38,39)22-9-10-23(32-13-22)24(16-36)34-27(37)19-11-20-15-35(26(17(2)3)25(20)33-12-19)14-18-5-7-21(8-6-18)28(29,30)31/h9-13,17-18,21,24,26,36H,4-8,14-16H2,1-3H3,(H,34,37)/t18-,21+,24-,26?/m1/s1. The van der Waals surface area contributed by atoms with Crippen LogP contribution in [0.15, 0.2) is 35.5 Å². The van der Waals surface area contributed by atoms with Crippen molar-refractivity contribution in [2.24, 2.45) is 17.8 Å². The van der Waals surface area contributed by atoms with Crippen LogP contribution in [0.1, 0.15) is 85.8 Å². The first-order valence-corrected chi connectivity index (χ1v) is 15.4. The van der Waals surface area contributed by atoms with Crippen molar-refractivity contribution in [1.82, 2.24) is 20.2 Å². The lowest BCUT2D eigenvalue weighted by Gasteiger charge is -2.35. The molecule has 12 heteroatoms. The number of carbonyl (C=O) groups excluding carboxylic acids is 1. The second-order valence-corrected chi connectivity index (χ2v) is 13.5. The normalized spacial score (nSPS) is 22.8. The maximum Gasteiger partial charge on any atom is 0.391 e. The van der Waals surface area contributed by atoms with Crippen molar-refractivity contribution in [2.75, 3.05) is 18.9 Å². The summed E-state index contributed by atoms with van der Waals surface area (Å²) in [4.78, 5) is 24.2. The molecule has 2 aromatic rings. The molecule has 0 bridgehead atoms. The summed E-state index contributed by atoms with van der Waals surface area (Å²) in [7, 11) is -3.42. The van der Waals surface area contributed by atoms with Gasteiger partial charge in [-0.05, 0) is 61.3 Å². The van der Waals surface area contributed by atoms with E-state index >= 15 is 0 Å². The number of hydrogen-bond donors (Lipinski definition) is 2. The average molecular weight is 583 g/mol. The van der Waals surface area contributed by atoms with Crippen molar-refractivity contribution in [1.29, 1.82) is 0 Å². The Kier molecular flexibility index (Phi) is 9.21. The highest BCUT2D eigenvalue weighted by molar-refractivity contribution is 7.91. The monoisotopic (exact) mass is 582 g/mol. The number of aliphatic hydroxyl groups is 1. The van der Waals surface area contributed by atoms with Gasteiger partial charge in [-0.2, -0.15) is 13.2 Å². The van der Waals surface area contributed by atoms with Crippen LogP contribution in [-0.2, 0) is 16.4 Å². The highest BCUT2D eigenvalue weighted by atomic mass is 32.2. The van der Waals surface area contributed by atoms with Gasteiger partial charge in [0, 0.05) is 25.5 Å². The van der Waals surface area contributed by atoms with E-state index < -0.39 is 40.5 Å². The summed E-state index contributed by atoms with van der Waals surface area (Å²) in [5.41, 5.74) is 2.43. The third-order valence-electron chi connectivity index (χ3n) is 8.09. The zero-order valence-corrected chi connectivity index (χ0v) is 23.8. The van der Waals surface area contributed by atoms with Crippen molar-refractivity contribution < 1.29 is 31.5 Å². The minimum absolute atomic E-state index is 0.0137. The summed E-state index contributed by atoms with van der Waals surface area (Å²) in [5, 5.41) is 12.6. The Morgan fingerprint density at radius 1 is 1.15 bits per heavy atom. The lowest BCUT2D eigenvalue weighted by atomic mass is 9.81. The molecule has 8 nitrogen and oxygen atoms in total. The number of carbonyl (C=O) groups is 1. The Morgan fingerprint density at radius 3 is 2.40 bits per heavy atom. The minimum atomic E-state index is -4.12. The fraction of sp³-hybridized carbons (Fsp3) is 0.607. The molecule has 1 fully saturated rings. The SMILES string of the molecule is CCS(=O)(=O)c1ccc([C@@H](CO)NC(=O)c2cnc3c(c2)CN(C[C@H]2CC[C@@H](C(F)(F)F)CC2)C3C(C)C)nc1. The third kappa shape index (κ3) is 6.66. The van der Waals surface area contributed by atoms with Gasteiger partial charge < -0.3 is 10.4 Å². The van der Waals surface area contributed by atoms with Gasteiger partial charge in [-0.3, -0.25) is 19.7 Å². The smallest absolute Gasteiger partial charge is 0.391 e. The number of sulfone groups is 1. The Balaban J connectivity index is 1.44. The van der Waals surface area contributed by atoms with Gasteiger partial charge in [-0.1, -0.05) is 20.8 Å². The number of rotatable bonds is 9. The minimum Gasteiger partial charge on any atom is -0.394 e. The Bertz CT molecular complexity index is 1290. The third-order valence-corrected chi connectivity index (χ3v) is 9.81. The summed E-state index contributed by atoms with van der Waals surface area (Å²) >= 11 is 0. The van der Waals surface area contributed by atoms with Crippen molar-refractivity contribution in [3.63, 3.8) is 0 Å². The number of amides is 1. The Morgan fingerprint density at radius 2 is 1.85 bits per heavy atom. The fourth-order valence-corrected chi connectivity index (χ4v) is 6.67. The molecule has 0 radical (unpaired) electrons. The molecule has 0 spiro atoms. The molecule has 1 amide bonds.